The smallest absolute Gasteiger partial charge is 0.123 e. The third-order valence-corrected chi connectivity index (χ3v) is 2.91. The van der Waals surface area contributed by atoms with Gasteiger partial charge in [-0.1, -0.05) is 30.3 Å². The lowest BCUT2D eigenvalue weighted by Gasteiger charge is -2.10. The topological polar surface area (TPSA) is 45.0 Å². The Kier molecular flexibility index (Phi) is 4.41. The molecule has 0 aliphatic carbocycles. The molecule has 0 fully saturated rings. The van der Waals surface area contributed by atoms with Crippen LogP contribution < -0.4 is 10.1 Å². The number of para-hydroxylation sites is 1. The van der Waals surface area contributed by atoms with E-state index in [9.17, 15) is 0 Å². The van der Waals surface area contributed by atoms with Gasteiger partial charge in [-0.3, -0.25) is 0 Å². The first-order chi connectivity index (χ1) is 9.33. The van der Waals surface area contributed by atoms with Gasteiger partial charge in [-0.05, 0) is 23.8 Å². The number of rotatable bonds is 5. The monoisotopic (exact) mass is 252 g/mol. The predicted molar refractivity (Wildman–Crippen MR) is 76.1 cm³/mol. The van der Waals surface area contributed by atoms with Crippen molar-refractivity contribution in [2.45, 2.75) is 13.0 Å². The Bertz CT molecular complexity index is 570. The fraction of sp³-hybridized carbons (Fsp3) is 0.188. The molecule has 19 heavy (non-hydrogen) atoms. The van der Waals surface area contributed by atoms with Crippen LogP contribution in [0.1, 0.15) is 11.1 Å². The van der Waals surface area contributed by atoms with E-state index in [4.69, 9.17) is 10.00 Å². The van der Waals surface area contributed by atoms with E-state index in [0.29, 0.717) is 13.0 Å². The highest BCUT2D eigenvalue weighted by Crippen LogP contribution is 2.19. The van der Waals surface area contributed by atoms with E-state index in [1.807, 2.05) is 48.5 Å². The molecule has 2 aromatic rings. The molecule has 0 aliphatic heterocycles. The zero-order valence-electron chi connectivity index (χ0n) is 10.9. The number of nitrogens with zero attached hydrogens (tertiary/aromatic N) is 1. The van der Waals surface area contributed by atoms with Crippen LogP contribution in [-0.4, -0.2) is 7.11 Å². The summed E-state index contributed by atoms with van der Waals surface area (Å²) < 4.78 is 5.31. The lowest BCUT2D eigenvalue weighted by molar-refractivity contribution is 0.410. The van der Waals surface area contributed by atoms with Gasteiger partial charge in [0.05, 0.1) is 19.6 Å². The molecular formula is C16H16N2O. The fourth-order valence-corrected chi connectivity index (χ4v) is 1.88. The van der Waals surface area contributed by atoms with Crippen molar-refractivity contribution in [3.63, 3.8) is 0 Å². The average Bonchev–Trinajstić information content (AvgIpc) is 2.47. The van der Waals surface area contributed by atoms with Gasteiger partial charge < -0.3 is 10.1 Å². The van der Waals surface area contributed by atoms with Crippen molar-refractivity contribution in [2.75, 3.05) is 12.4 Å². The summed E-state index contributed by atoms with van der Waals surface area (Å²) >= 11 is 0. The highest BCUT2D eigenvalue weighted by Gasteiger charge is 2.01. The highest BCUT2D eigenvalue weighted by atomic mass is 16.5. The predicted octanol–water partition coefficient (Wildman–Crippen LogP) is 3.37. The molecule has 0 bridgehead atoms. The van der Waals surface area contributed by atoms with Crippen LogP contribution in [0, 0.1) is 11.3 Å². The lowest BCUT2D eigenvalue weighted by Crippen LogP contribution is -2.01. The van der Waals surface area contributed by atoms with Crippen LogP contribution in [0.4, 0.5) is 5.69 Å². The Morgan fingerprint density at radius 1 is 1.11 bits per heavy atom. The molecule has 0 amide bonds. The van der Waals surface area contributed by atoms with Crippen molar-refractivity contribution in [3.8, 4) is 11.8 Å². The van der Waals surface area contributed by atoms with Gasteiger partial charge in [0.1, 0.15) is 5.75 Å². The number of nitriles is 1. The maximum absolute atomic E-state index is 8.62. The minimum Gasteiger partial charge on any atom is -0.496 e. The standard InChI is InChI=1S/C16H16N2O/c1-19-16-5-3-2-4-14(16)12-18-15-8-6-13(7-9-15)10-11-17/h2-9,18H,10,12H2,1H3. The molecule has 0 saturated heterocycles. The van der Waals surface area contributed by atoms with Crippen LogP contribution in [0.25, 0.3) is 0 Å². The van der Waals surface area contributed by atoms with Gasteiger partial charge in [-0.2, -0.15) is 5.26 Å². The summed E-state index contributed by atoms with van der Waals surface area (Å²) in [6.07, 6.45) is 0.451. The molecule has 0 spiro atoms. The second-order valence-electron chi connectivity index (χ2n) is 4.20. The molecule has 0 aliphatic rings. The summed E-state index contributed by atoms with van der Waals surface area (Å²) in [6, 6.07) is 18.0. The second-order valence-corrected chi connectivity index (χ2v) is 4.20. The maximum atomic E-state index is 8.62. The Morgan fingerprint density at radius 3 is 2.53 bits per heavy atom. The third-order valence-electron chi connectivity index (χ3n) is 2.91. The normalized spacial score (nSPS) is 9.68. The van der Waals surface area contributed by atoms with Gasteiger partial charge in [-0.15, -0.1) is 0 Å². The quantitative estimate of drug-likeness (QED) is 0.887. The summed E-state index contributed by atoms with van der Waals surface area (Å²) in [4.78, 5) is 0. The maximum Gasteiger partial charge on any atom is 0.123 e. The van der Waals surface area contributed by atoms with Crippen molar-refractivity contribution < 1.29 is 4.74 Å². The average molecular weight is 252 g/mol. The highest BCUT2D eigenvalue weighted by molar-refractivity contribution is 5.46. The number of hydrogen-bond donors (Lipinski definition) is 1. The number of methoxy groups -OCH3 is 1. The van der Waals surface area contributed by atoms with Crippen LogP contribution in [-0.2, 0) is 13.0 Å². The molecule has 1 N–H and O–H groups in total. The molecule has 3 nitrogen and oxygen atoms in total. The van der Waals surface area contributed by atoms with Crippen LogP contribution in [0.15, 0.2) is 48.5 Å². The number of hydrogen-bond acceptors (Lipinski definition) is 3. The van der Waals surface area contributed by atoms with E-state index < -0.39 is 0 Å². The molecule has 3 heteroatoms. The van der Waals surface area contributed by atoms with E-state index >= 15 is 0 Å². The fourth-order valence-electron chi connectivity index (χ4n) is 1.88. The van der Waals surface area contributed by atoms with Crippen LogP contribution in [0.3, 0.4) is 0 Å². The first-order valence-electron chi connectivity index (χ1n) is 6.15. The van der Waals surface area contributed by atoms with Gasteiger partial charge in [0.25, 0.3) is 0 Å². The minimum atomic E-state index is 0.451. The summed E-state index contributed by atoms with van der Waals surface area (Å²) in [7, 11) is 1.68. The second kappa shape index (κ2) is 6.46. The molecule has 0 heterocycles. The molecule has 0 unspecified atom stereocenters. The summed E-state index contributed by atoms with van der Waals surface area (Å²) in [5.41, 5.74) is 3.18. The number of nitrogens with one attached hydrogen (secondary N) is 1. The van der Waals surface area contributed by atoms with Gasteiger partial charge in [-0.25, -0.2) is 0 Å². The van der Waals surface area contributed by atoms with E-state index in [1.165, 1.54) is 0 Å². The van der Waals surface area contributed by atoms with E-state index in [-0.39, 0.29) is 0 Å². The molecule has 0 aromatic heterocycles. The molecule has 2 aromatic carbocycles. The molecule has 96 valence electrons. The molecule has 0 atom stereocenters. The summed E-state index contributed by atoms with van der Waals surface area (Å²) in [5.74, 6) is 0.885. The third kappa shape index (κ3) is 3.49. The van der Waals surface area contributed by atoms with Gasteiger partial charge in [0.15, 0.2) is 0 Å². The van der Waals surface area contributed by atoms with Crippen molar-refractivity contribution in [2.24, 2.45) is 0 Å². The van der Waals surface area contributed by atoms with Gasteiger partial charge in [0, 0.05) is 17.8 Å². The van der Waals surface area contributed by atoms with Crippen LogP contribution in [0.5, 0.6) is 5.75 Å². The summed E-state index contributed by atoms with van der Waals surface area (Å²) in [5, 5.41) is 12.0. The number of anilines is 1. The Hall–Kier alpha value is -2.47. The van der Waals surface area contributed by atoms with E-state index in [2.05, 4.69) is 11.4 Å². The van der Waals surface area contributed by atoms with Crippen molar-refractivity contribution in [3.05, 3.63) is 59.7 Å². The van der Waals surface area contributed by atoms with Gasteiger partial charge >= 0.3 is 0 Å². The Labute approximate surface area is 113 Å². The largest absolute Gasteiger partial charge is 0.496 e. The SMILES string of the molecule is COc1ccccc1CNc1ccc(CC#N)cc1. The van der Waals surface area contributed by atoms with Crippen LogP contribution in [0.2, 0.25) is 0 Å². The molecule has 2 rings (SSSR count). The summed E-state index contributed by atoms with van der Waals surface area (Å²) in [6.45, 7) is 0.710. The van der Waals surface area contributed by atoms with Crippen molar-refractivity contribution in [1.29, 1.82) is 5.26 Å². The number of benzene rings is 2. The van der Waals surface area contributed by atoms with Crippen molar-refractivity contribution >= 4 is 5.69 Å². The lowest BCUT2D eigenvalue weighted by atomic mass is 10.1. The number of ether oxygens (including phenoxy) is 1. The molecule has 0 saturated carbocycles. The Morgan fingerprint density at radius 2 is 1.84 bits per heavy atom. The van der Waals surface area contributed by atoms with Crippen molar-refractivity contribution in [1.82, 2.24) is 0 Å². The zero-order chi connectivity index (χ0) is 13.5. The minimum absolute atomic E-state index is 0.451. The molecular weight excluding hydrogens is 236 g/mol. The zero-order valence-corrected chi connectivity index (χ0v) is 10.9. The Balaban J connectivity index is 2.00. The first kappa shape index (κ1) is 13.0. The first-order valence-corrected chi connectivity index (χ1v) is 6.15. The van der Waals surface area contributed by atoms with E-state index in [1.54, 1.807) is 7.11 Å². The molecule has 0 radical (unpaired) electrons. The van der Waals surface area contributed by atoms with E-state index in [0.717, 1.165) is 22.6 Å². The van der Waals surface area contributed by atoms with Gasteiger partial charge in [0.2, 0.25) is 0 Å². The van der Waals surface area contributed by atoms with Crippen LogP contribution >= 0.6 is 0 Å².